The minimum atomic E-state index is 0.305. The highest BCUT2D eigenvalue weighted by atomic mass is 31.1. The second kappa shape index (κ2) is 6.10. The molecule has 1 nitrogen and oxygen atoms in total. The van der Waals surface area contributed by atoms with Crippen LogP contribution < -0.4 is 0 Å². The van der Waals surface area contributed by atoms with Crippen LogP contribution in [0.15, 0.2) is 0 Å². The summed E-state index contributed by atoms with van der Waals surface area (Å²) in [5, 5.41) is 0. The summed E-state index contributed by atoms with van der Waals surface area (Å²) in [7, 11) is 0.305. The van der Waals surface area contributed by atoms with Gasteiger partial charge >= 0.3 is 0 Å². The fourth-order valence-corrected chi connectivity index (χ4v) is 0.779. The Kier molecular flexibility index (Phi) is 6.19. The van der Waals surface area contributed by atoms with E-state index in [1.54, 1.807) is 0 Å². The third-order valence-corrected chi connectivity index (χ3v) is 1.35. The molecule has 0 unspecified atom stereocenters. The van der Waals surface area contributed by atoms with Crippen LogP contribution in [0.2, 0.25) is 0 Å². The summed E-state index contributed by atoms with van der Waals surface area (Å²) in [4.78, 5) is 0. The normalized spacial score (nSPS) is 9.86. The Morgan fingerprint density at radius 3 is 2.57 bits per heavy atom. The molecule has 2 heteroatoms. The van der Waals surface area contributed by atoms with E-state index in [1.807, 2.05) is 0 Å². The minimum absolute atomic E-state index is 0.305. The van der Waals surface area contributed by atoms with Gasteiger partial charge < -0.3 is 0 Å². The van der Waals surface area contributed by atoms with Crippen molar-refractivity contribution >= 4 is 8.46 Å². The lowest BCUT2D eigenvalue weighted by Crippen LogP contribution is -1.71. The van der Waals surface area contributed by atoms with Gasteiger partial charge in [0, 0.05) is 6.16 Å². The Hall–Kier alpha value is 0.100. The third kappa shape index (κ3) is 6.10. The van der Waals surface area contributed by atoms with E-state index < -0.39 is 0 Å². The van der Waals surface area contributed by atoms with Crippen molar-refractivity contribution in [2.75, 3.05) is 6.16 Å². The maximum Gasteiger partial charge on any atom is 0.155 e. The van der Waals surface area contributed by atoms with Crippen LogP contribution >= 0.6 is 8.46 Å². The lowest BCUT2D eigenvalue weighted by molar-refractivity contribution is 0.596. The summed E-state index contributed by atoms with van der Waals surface area (Å²) >= 11 is 0. The van der Waals surface area contributed by atoms with Crippen molar-refractivity contribution in [3.63, 3.8) is 0 Å². The summed E-state index contributed by atoms with van der Waals surface area (Å²) in [6.07, 6.45) is 4.39. The fraction of sp³-hybridized carbons (Fsp3) is 1.00. The zero-order chi connectivity index (χ0) is 5.54. The summed E-state index contributed by atoms with van der Waals surface area (Å²) in [6.45, 7) is 2.14. The topological polar surface area (TPSA) is 17.1 Å². The summed E-state index contributed by atoms with van der Waals surface area (Å²) in [5.41, 5.74) is 0. The Balaban J connectivity index is 2.56. The second-order valence-corrected chi connectivity index (χ2v) is 2.27. The highest BCUT2D eigenvalue weighted by molar-refractivity contribution is 7.23. The fourth-order valence-electron chi connectivity index (χ4n) is 0.426. The van der Waals surface area contributed by atoms with Crippen LogP contribution in [0.4, 0.5) is 0 Å². The quantitative estimate of drug-likeness (QED) is 0.409. The molecule has 7 heavy (non-hydrogen) atoms. The summed E-state index contributed by atoms with van der Waals surface area (Å²) in [5.74, 6) is 0. The molecule has 0 spiro atoms. The van der Waals surface area contributed by atoms with Crippen LogP contribution in [0.25, 0.3) is 0 Å². The van der Waals surface area contributed by atoms with Crippen molar-refractivity contribution in [1.29, 1.82) is 0 Å². The first-order valence-corrected chi connectivity index (χ1v) is 3.70. The molecular weight excluding hydrogens is 107 g/mol. The molecule has 0 aliphatic heterocycles. The molecule has 0 fully saturated rings. The molecule has 0 saturated heterocycles. The second-order valence-electron chi connectivity index (χ2n) is 1.56. The van der Waals surface area contributed by atoms with Gasteiger partial charge in [-0.25, -0.2) is 0 Å². The first-order valence-electron chi connectivity index (χ1n) is 2.71. The average Bonchev–Trinajstić information content (AvgIpc) is 1.69. The van der Waals surface area contributed by atoms with Crippen molar-refractivity contribution in [2.24, 2.45) is 0 Å². The first-order chi connectivity index (χ1) is 3.41. The van der Waals surface area contributed by atoms with E-state index in [9.17, 15) is 4.57 Å². The van der Waals surface area contributed by atoms with Crippen molar-refractivity contribution in [3.8, 4) is 0 Å². The highest BCUT2D eigenvalue weighted by Crippen LogP contribution is 2.00. The first kappa shape index (κ1) is 7.10. The molecule has 0 amide bonds. The highest BCUT2D eigenvalue weighted by Gasteiger charge is 1.81. The van der Waals surface area contributed by atoms with Gasteiger partial charge in [-0.3, -0.25) is 4.57 Å². The zero-order valence-corrected chi connectivity index (χ0v) is 5.58. The van der Waals surface area contributed by atoms with E-state index in [0.717, 1.165) is 12.6 Å². The number of hydrogen-bond acceptors (Lipinski definition) is 1. The van der Waals surface area contributed by atoms with Gasteiger partial charge in [-0.15, -0.1) is 0 Å². The Morgan fingerprint density at radius 1 is 1.43 bits per heavy atom. The zero-order valence-electron chi connectivity index (χ0n) is 4.68. The van der Waals surface area contributed by atoms with Gasteiger partial charge in [0.15, 0.2) is 8.46 Å². The van der Waals surface area contributed by atoms with E-state index in [-0.39, 0.29) is 0 Å². The van der Waals surface area contributed by atoms with Crippen molar-refractivity contribution in [1.82, 2.24) is 0 Å². The van der Waals surface area contributed by atoms with Gasteiger partial charge in [-0.05, 0) is 6.42 Å². The van der Waals surface area contributed by atoms with Crippen LogP contribution in [-0.4, -0.2) is 6.16 Å². The monoisotopic (exact) mass is 118 g/mol. The molecule has 0 aromatic carbocycles. The molecule has 0 aliphatic carbocycles. The number of rotatable bonds is 4. The predicted octanol–water partition coefficient (Wildman–Crippen LogP) is 2.47. The van der Waals surface area contributed by atoms with Gasteiger partial charge in [0.05, 0.1) is 0 Å². The molecule has 42 valence electrons. The van der Waals surface area contributed by atoms with E-state index in [2.05, 4.69) is 6.92 Å². The summed E-state index contributed by atoms with van der Waals surface area (Å²) < 4.78 is 9.78. The molecule has 0 heterocycles. The van der Waals surface area contributed by atoms with Gasteiger partial charge in [0.1, 0.15) is 0 Å². The molecule has 0 N–H and O–H groups in total. The Labute approximate surface area is 46.3 Å². The molecule has 0 atom stereocenters. The number of hydrogen-bond donors (Lipinski definition) is 0. The van der Waals surface area contributed by atoms with Crippen molar-refractivity contribution < 1.29 is 4.57 Å². The predicted molar refractivity (Wildman–Crippen MR) is 32.0 cm³/mol. The maximum absolute atomic E-state index is 9.78. The van der Waals surface area contributed by atoms with Gasteiger partial charge in [-0.1, -0.05) is 19.8 Å². The Bertz CT molecular complexity index is 45.3. The van der Waals surface area contributed by atoms with E-state index >= 15 is 0 Å². The molecule has 0 saturated carbocycles. The molecule has 0 radical (unpaired) electrons. The van der Waals surface area contributed by atoms with Crippen LogP contribution in [0.3, 0.4) is 0 Å². The van der Waals surface area contributed by atoms with Gasteiger partial charge in [0.2, 0.25) is 0 Å². The van der Waals surface area contributed by atoms with Crippen LogP contribution in [-0.2, 0) is 4.57 Å². The standard InChI is InChI=1S/C5H11OP/c1-2-3-4-5-7-6/h2-5H2,1H3. The largest absolute Gasteiger partial charge is 0.275 e. The molecular formula is C5H11OP. The van der Waals surface area contributed by atoms with Crippen LogP contribution in [0.1, 0.15) is 26.2 Å². The van der Waals surface area contributed by atoms with Crippen LogP contribution in [0.5, 0.6) is 0 Å². The van der Waals surface area contributed by atoms with E-state index in [4.69, 9.17) is 0 Å². The SMILES string of the molecule is CCCCCP=O. The molecule has 0 aromatic heterocycles. The van der Waals surface area contributed by atoms with Crippen LogP contribution in [0, 0.1) is 0 Å². The number of unbranched alkanes of at least 4 members (excludes halogenated alkanes) is 2. The molecule has 0 rings (SSSR count). The third-order valence-electron chi connectivity index (χ3n) is 0.853. The summed E-state index contributed by atoms with van der Waals surface area (Å²) in [6, 6.07) is 0. The maximum atomic E-state index is 9.78. The van der Waals surface area contributed by atoms with E-state index in [1.165, 1.54) is 12.8 Å². The van der Waals surface area contributed by atoms with Crippen molar-refractivity contribution in [2.45, 2.75) is 26.2 Å². The smallest absolute Gasteiger partial charge is 0.155 e. The lowest BCUT2D eigenvalue weighted by Gasteiger charge is -1.84. The average molecular weight is 118 g/mol. The molecule has 0 bridgehead atoms. The Morgan fingerprint density at radius 2 is 2.14 bits per heavy atom. The lowest BCUT2D eigenvalue weighted by atomic mass is 10.3. The minimum Gasteiger partial charge on any atom is -0.275 e. The van der Waals surface area contributed by atoms with Gasteiger partial charge in [0.25, 0.3) is 0 Å². The molecule has 0 aliphatic rings. The molecule has 0 aromatic rings. The van der Waals surface area contributed by atoms with E-state index in [0.29, 0.717) is 8.46 Å². The van der Waals surface area contributed by atoms with Gasteiger partial charge in [-0.2, -0.15) is 0 Å². The van der Waals surface area contributed by atoms with Crippen molar-refractivity contribution in [3.05, 3.63) is 0 Å².